The Morgan fingerprint density at radius 2 is 1.89 bits per heavy atom. The van der Waals surface area contributed by atoms with Crippen LogP contribution in [0.5, 0.6) is 0 Å². The van der Waals surface area contributed by atoms with Crippen LogP contribution in [0.15, 0.2) is 39.8 Å². The number of likely N-dealkylation sites (tertiary alicyclic amines) is 1. The summed E-state index contributed by atoms with van der Waals surface area (Å²) in [7, 11) is 0. The highest BCUT2D eigenvalue weighted by atomic mass is 19.4. The summed E-state index contributed by atoms with van der Waals surface area (Å²) in [5.41, 5.74) is 0.620. The molecule has 1 aromatic carbocycles. The van der Waals surface area contributed by atoms with E-state index in [9.17, 15) is 18.0 Å². The number of benzene rings is 1. The molecule has 0 bridgehead atoms. The summed E-state index contributed by atoms with van der Waals surface area (Å²) >= 11 is 0. The average Bonchev–Trinajstić information content (AvgIpc) is 3.15. The van der Waals surface area contributed by atoms with Gasteiger partial charge in [0.2, 0.25) is 5.89 Å². The maximum atomic E-state index is 12.6. The number of halogens is 3. The maximum absolute atomic E-state index is 12.6. The molecular formula is C18H18F3N5O2. The molecule has 0 unspecified atom stereocenters. The minimum atomic E-state index is -4.63. The van der Waals surface area contributed by atoms with Crippen molar-refractivity contribution in [3.63, 3.8) is 0 Å². The number of para-hydroxylation sites is 1. The Morgan fingerprint density at radius 3 is 2.61 bits per heavy atom. The van der Waals surface area contributed by atoms with Gasteiger partial charge in [0.1, 0.15) is 0 Å². The molecule has 1 aliphatic heterocycles. The first-order valence-corrected chi connectivity index (χ1v) is 8.96. The van der Waals surface area contributed by atoms with Crippen molar-refractivity contribution < 1.29 is 17.6 Å². The van der Waals surface area contributed by atoms with Gasteiger partial charge in [0.15, 0.2) is 0 Å². The molecule has 1 saturated heterocycles. The first-order chi connectivity index (χ1) is 13.4. The van der Waals surface area contributed by atoms with Gasteiger partial charge in [-0.3, -0.25) is 14.3 Å². The van der Waals surface area contributed by atoms with Crippen LogP contribution in [-0.2, 0) is 19.3 Å². The number of aromatic nitrogens is 4. The first-order valence-electron chi connectivity index (χ1n) is 8.96. The molecule has 0 radical (unpaired) electrons. The van der Waals surface area contributed by atoms with Crippen molar-refractivity contribution >= 4 is 10.9 Å². The van der Waals surface area contributed by atoms with Crippen molar-refractivity contribution in [1.82, 2.24) is 24.6 Å². The molecule has 0 N–H and O–H groups in total. The Hall–Kier alpha value is -2.75. The van der Waals surface area contributed by atoms with E-state index in [1.807, 2.05) is 17.0 Å². The predicted octanol–water partition coefficient (Wildman–Crippen LogP) is 2.71. The topological polar surface area (TPSA) is 77.1 Å². The lowest BCUT2D eigenvalue weighted by Crippen LogP contribution is -2.36. The Bertz CT molecular complexity index is 1020. The zero-order valence-corrected chi connectivity index (χ0v) is 14.9. The SMILES string of the molecule is O=c1c2ccccc2ncn1CC1CCN(Cc2nnc(C(F)(F)F)o2)CC1. The zero-order valence-electron chi connectivity index (χ0n) is 14.9. The minimum absolute atomic E-state index is 0.0410. The second-order valence-corrected chi connectivity index (χ2v) is 6.94. The minimum Gasteiger partial charge on any atom is -0.416 e. The fraction of sp³-hybridized carbons (Fsp3) is 0.444. The Balaban J connectivity index is 1.35. The van der Waals surface area contributed by atoms with E-state index in [1.54, 1.807) is 23.0 Å². The molecular weight excluding hydrogens is 375 g/mol. The third-order valence-corrected chi connectivity index (χ3v) is 4.96. The molecule has 4 rings (SSSR count). The zero-order chi connectivity index (χ0) is 19.7. The fourth-order valence-corrected chi connectivity index (χ4v) is 3.46. The van der Waals surface area contributed by atoms with E-state index in [4.69, 9.17) is 0 Å². The van der Waals surface area contributed by atoms with E-state index in [0.29, 0.717) is 36.5 Å². The van der Waals surface area contributed by atoms with E-state index in [-0.39, 0.29) is 18.0 Å². The van der Waals surface area contributed by atoms with Crippen LogP contribution in [0.4, 0.5) is 13.2 Å². The average molecular weight is 393 g/mol. The number of alkyl halides is 3. The number of fused-ring (bicyclic) bond motifs is 1. The lowest BCUT2D eigenvalue weighted by molar-refractivity contribution is -0.157. The van der Waals surface area contributed by atoms with E-state index >= 15 is 0 Å². The van der Waals surface area contributed by atoms with Gasteiger partial charge >= 0.3 is 12.1 Å². The van der Waals surface area contributed by atoms with Gasteiger partial charge in [-0.2, -0.15) is 13.2 Å². The molecule has 0 aliphatic carbocycles. The van der Waals surface area contributed by atoms with Crippen molar-refractivity contribution in [2.24, 2.45) is 5.92 Å². The lowest BCUT2D eigenvalue weighted by atomic mass is 9.96. The van der Waals surface area contributed by atoms with Crippen molar-refractivity contribution in [3.05, 3.63) is 52.7 Å². The molecule has 0 spiro atoms. The Labute approximate surface area is 157 Å². The van der Waals surface area contributed by atoms with Gasteiger partial charge in [0.05, 0.1) is 23.8 Å². The molecule has 7 nitrogen and oxygen atoms in total. The van der Waals surface area contributed by atoms with Gasteiger partial charge < -0.3 is 4.42 Å². The van der Waals surface area contributed by atoms with Crippen molar-refractivity contribution in [2.45, 2.75) is 32.1 Å². The summed E-state index contributed by atoms with van der Waals surface area (Å²) in [5.74, 6) is -1.06. The van der Waals surface area contributed by atoms with E-state index in [2.05, 4.69) is 19.6 Å². The third-order valence-electron chi connectivity index (χ3n) is 4.96. The van der Waals surface area contributed by atoms with Crippen LogP contribution in [0, 0.1) is 5.92 Å². The van der Waals surface area contributed by atoms with Crippen LogP contribution in [0.3, 0.4) is 0 Å². The van der Waals surface area contributed by atoms with Gasteiger partial charge in [-0.05, 0) is 44.0 Å². The number of piperidine rings is 1. The summed E-state index contributed by atoms with van der Waals surface area (Å²) in [6.45, 7) is 2.13. The predicted molar refractivity (Wildman–Crippen MR) is 93.3 cm³/mol. The summed E-state index contributed by atoms with van der Waals surface area (Å²) in [4.78, 5) is 18.9. The molecule has 0 amide bonds. The number of rotatable bonds is 4. The standard InChI is InChI=1S/C18H18F3N5O2/c19-18(20,21)17-24-23-15(28-17)10-25-7-5-12(6-8-25)9-26-11-22-14-4-2-1-3-13(14)16(26)27/h1-4,11-12H,5-10H2. The molecule has 0 saturated carbocycles. The van der Waals surface area contributed by atoms with Crippen LogP contribution in [-0.4, -0.2) is 37.7 Å². The Morgan fingerprint density at radius 1 is 1.14 bits per heavy atom. The van der Waals surface area contributed by atoms with Gasteiger partial charge in [0, 0.05) is 6.54 Å². The fourth-order valence-electron chi connectivity index (χ4n) is 3.46. The van der Waals surface area contributed by atoms with Crippen molar-refractivity contribution in [2.75, 3.05) is 13.1 Å². The quantitative estimate of drug-likeness (QED) is 0.678. The van der Waals surface area contributed by atoms with Gasteiger partial charge in [-0.25, -0.2) is 4.98 Å². The van der Waals surface area contributed by atoms with Crippen molar-refractivity contribution in [1.29, 1.82) is 0 Å². The number of hydrogen-bond acceptors (Lipinski definition) is 6. The van der Waals surface area contributed by atoms with E-state index in [1.165, 1.54) is 0 Å². The highest BCUT2D eigenvalue weighted by molar-refractivity contribution is 5.76. The van der Waals surface area contributed by atoms with Crippen LogP contribution < -0.4 is 5.56 Å². The molecule has 28 heavy (non-hydrogen) atoms. The van der Waals surface area contributed by atoms with Crippen LogP contribution in [0.2, 0.25) is 0 Å². The number of hydrogen-bond donors (Lipinski definition) is 0. The summed E-state index contributed by atoms with van der Waals surface area (Å²) < 4.78 is 43.9. The molecule has 10 heteroatoms. The van der Waals surface area contributed by atoms with Crippen LogP contribution in [0.25, 0.3) is 10.9 Å². The third kappa shape index (κ3) is 3.91. The molecule has 3 aromatic rings. The van der Waals surface area contributed by atoms with Gasteiger partial charge in [-0.1, -0.05) is 12.1 Å². The Kier molecular flexibility index (Phi) is 4.88. The molecule has 0 atom stereocenters. The highest BCUT2D eigenvalue weighted by Gasteiger charge is 2.38. The van der Waals surface area contributed by atoms with Crippen LogP contribution in [0.1, 0.15) is 24.6 Å². The van der Waals surface area contributed by atoms with Crippen LogP contribution >= 0.6 is 0 Å². The molecule has 2 aromatic heterocycles. The largest absolute Gasteiger partial charge is 0.470 e. The summed E-state index contributed by atoms with van der Waals surface area (Å²) in [6.07, 6.45) is -1.41. The monoisotopic (exact) mass is 393 g/mol. The smallest absolute Gasteiger partial charge is 0.416 e. The second-order valence-electron chi connectivity index (χ2n) is 6.94. The van der Waals surface area contributed by atoms with Gasteiger partial charge in [-0.15, -0.1) is 10.2 Å². The molecule has 148 valence electrons. The van der Waals surface area contributed by atoms with E-state index in [0.717, 1.165) is 12.8 Å². The first kappa shape index (κ1) is 18.6. The van der Waals surface area contributed by atoms with Crippen molar-refractivity contribution in [3.8, 4) is 0 Å². The normalized spacial score (nSPS) is 16.7. The van der Waals surface area contributed by atoms with E-state index < -0.39 is 12.1 Å². The molecule has 1 fully saturated rings. The highest BCUT2D eigenvalue weighted by Crippen LogP contribution is 2.28. The number of nitrogens with zero attached hydrogens (tertiary/aromatic N) is 5. The summed E-state index contributed by atoms with van der Waals surface area (Å²) in [6, 6.07) is 7.23. The van der Waals surface area contributed by atoms with Gasteiger partial charge in [0.25, 0.3) is 5.56 Å². The summed E-state index contributed by atoms with van der Waals surface area (Å²) in [5, 5.41) is 7.11. The molecule has 1 aliphatic rings. The lowest BCUT2D eigenvalue weighted by Gasteiger charge is -2.31. The maximum Gasteiger partial charge on any atom is 0.470 e. The molecule has 3 heterocycles. The second kappa shape index (κ2) is 7.34.